The molecule has 0 aliphatic carbocycles. The molecule has 1 aliphatic rings. The van der Waals surface area contributed by atoms with Gasteiger partial charge in [0, 0.05) is 11.6 Å². The van der Waals surface area contributed by atoms with Crippen LogP contribution < -0.4 is 0 Å². The van der Waals surface area contributed by atoms with Crippen molar-refractivity contribution in [3.05, 3.63) is 34.9 Å². The minimum absolute atomic E-state index is 0.130. The van der Waals surface area contributed by atoms with Gasteiger partial charge in [0.05, 0.1) is 6.61 Å². The molecule has 0 saturated carbocycles. The van der Waals surface area contributed by atoms with Gasteiger partial charge < -0.3 is 14.7 Å². The van der Waals surface area contributed by atoms with E-state index in [2.05, 4.69) is 0 Å². The maximum Gasteiger partial charge on any atom is 0.326 e. The fourth-order valence-electron chi connectivity index (χ4n) is 2.43. The van der Waals surface area contributed by atoms with Crippen LogP contribution in [0, 0.1) is 0 Å². The number of hydrogen-bond donors (Lipinski definition) is 1. The van der Waals surface area contributed by atoms with Gasteiger partial charge in [-0.2, -0.15) is 0 Å². The van der Waals surface area contributed by atoms with E-state index in [1.165, 1.54) is 4.90 Å². The summed E-state index contributed by atoms with van der Waals surface area (Å²) in [7, 11) is 0. The smallest absolute Gasteiger partial charge is 0.326 e. The van der Waals surface area contributed by atoms with Crippen LogP contribution in [-0.2, 0) is 20.9 Å². The van der Waals surface area contributed by atoms with E-state index >= 15 is 0 Å². The van der Waals surface area contributed by atoms with Crippen molar-refractivity contribution in [1.29, 1.82) is 0 Å². The molecule has 1 fully saturated rings. The predicted molar refractivity (Wildman–Crippen MR) is 78.1 cm³/mol. The molecule has 1 amide bonds. The van der Waals surface area contributed by atoms with Gasteiger partial charge in [-0.3, -0.25) is 4.79 Å². The maximum absolute atomic E-state index is 12.1. The highest BCUT2D eigenvalue weighted by Crippen LogP contribution is 2.18. The van der Waals surface area contributed by atoms with E-state index in [9.17, 15) is 9.59 Å². The van der Waals surface area contributed by atoms with E-state index in [1.807, 2.05) is 18.2 Å². The Morgan fingerprint density at radius 1 is 1.33 bits per heavy atom. The van der Waals surface area contributed by atoms with E-state index < -0.39 is 12.0 Å². The van der Waals surface area contributed by atoms with Crippen LogP contribution in [0.5, 0.6) is 0 Å². The third-order valence-corrected chi connectivity index (χ3v) is 3.92. The monoisotopic (exact) mass is 311 g/mol. The summed E-state index contributed by atoms with van der Waals surface area (Å²) in [5.41, 5.74) is 0.806. The number of aliphatic carboxylic acids is 1. The van der Waals surface area contributed by atoms with Crippen LogP contribution in [-0.4, -0.2) is 41.1 Å². The number of rotatable bonds is 5. The number of ether oxygens (including phenoxy) is 1. The number of benzene rings is 1. The number of likely N-dealkylation sites (tertiary alicyclic amines) is 1. The molecule has 1 heterocycles. The second kappa shape index (κ2) is 7.43. The highest BCUT2D eigenvalue weighted by atomic mass is 35.5. The normalized spacial score (nSPS) is 18.5. The van der Waals surface area contributed by atoms with Crippen molar-refractivity contribution in [1.82, 2.24) is 4.90 Å². The summed E-state index contributed by atoms with van der Waals surface area (Å²) in [5.74, 6) is -1.23. The fourth-order valence-corrected chi connectivity index (χ4v) is 2.62. The average Bonchev–Trinajstić information content (AvgIpc) is 2.49. The molecule has 0 radical (unpaired) electrons. The van der Waals surface area contributed by atoms with Crippen LogP contribution in [0.2, 0.25) is 5.02 Å². The molecule has 0 aromatic heterocycles. The number of piperidine rings is 1. The van der Waals surface area contributed by atoms with Gasteiger partial charge in [0.2, 0.25) is 5.91 Å². The molecule has 0 spiro atoms. The topological polar surface area (TPSA) is 66.8 Å². The first kappa shape index (κ1) is 15.8. The van der Waals surface area contributed by atoms with Crippen LogP contribution in [0.1, 0.15) is 24.8 Å². The van der Waals surface area contributed by atoms with E-state index in [0.717, 1.165) is 18.4 Å². The van der Waals surface area contributed by atoms with Crippen molar-refractivity contribution in [2.24, 2.45) is 0 Å². The third-order valence-electron chi connectivity index (χ3n) is 3.55. The molecule has 1 aromatic carbocycles. The van der Waals surface area contributed by atoms with Crippen molar-refractivity contribution in [3.8, 4) is 0 Å². The van der Waals surface area contributed by atoms with Gasteiger partial charge in [-0.05, 0) is 30.9 Å². The molecule has 0 unspecified atom stereocenters. The standard InChI is InChI=1S/C15H18ClNO4/c16-12-6-2-1-5-11(12)9-21-10-14(18)17-8-4-3-7-13(17)15(19)20/h1-2,5-6,13H,3-4,7-10H2,(H,19,20)/t13-/m0/s1. The molecule has 1 aliphatic heterocycles. The Kier molecular flexibility index (Phi) is 5.59. The van der Waals surface area contributed by atoms with Gasteiger partial charge in [0.15, 0.2) is 0 Å². The van der Waals surface area contributed by atoms with Gasteiger partial charge in [-0.15, -0.1) is 0 Å². The van der Waals surface area contributed by atoms with Crippen molar-refractivity contribution < 1.29 is 19.4 Å². The van der Waals surface area contributed by atoms with Crippen LogP contribution in [0.3, 0.4) is 0 Å². The molecule has 6 heteroatoms. The van der Waals surface area contributed by atoms with Crippen LogP contribution in [0.15, 0.2) is 24.3 Å². The Morgan fingerprint density at radius 2 is 2.10 bits per heavy atom. The molecule has 1 N–H and O–H groups in total. The van der Waals surface area contributed by atoms with Crippen molar-refractivity contribution in [2.75, 3.05) is 13.2 Å². The number of carboxylic acid groups (broad SMARTS) is 1. The summed E-state index contributed by atoms with van der Waals surface area (Å²) >= 11 is 6.00. The number of carbonyl (C=O) groups excluding carboxylic acids is 1. The van der Waals surface area contributed by atoms with E-state index in [1.54, 1.807) is 6.07 Å². The SMILES string of the molecule is O=C(O)[C@@H]1CCCCN1C(=O)COCc1ccccc1Cl. The summed E-state index contributed by atoms with van der Waals surface area (Å²) in [4.78, 5) is 24.7. The fraction of sp³-hybridized carbons (Fsp3) is 0.467. The van der Waals surface area contributed by atoms with Crippen LogP contribution in [0.4, 0.5) is 0 Å². The number of carbonyl (C=O) groups is 2. The molecule has 21 heavy (non-hydrogen) atoms. The highest BCUT2D eigenvalue weighted by molar-refractivity contribution is 6.31. The Hall–Kier alpha value is -1.59. The Labute approximate surface area is 128 Å². The molecular formula is C15H18ClNO4. The Morgan fingerprint density at radius 3 is 2.81 bits per heavy atom. The zero-order valence-electron chi connectivity index (χ0n) is 11.6. The maximum atomic E-state index is 12.1. The number of carboxylic acids is 1. The highest BCUT2D eigenvalue weighted by Gasteiger charge is 2.31. The number of nitrogens with zero attached hydrogens (tertiary/aromatic N) is 1. The first-order chi connectivity index (χ1) is 10.1. The summed E-state index contributed by atoms with van der Waals surface area (Å²) in [6.45, 7) is 0.581. The summed E-state index contributed by atoms with van der Waals surface area (Å²) in [6, 6.07) is 6.52. The molecule has 1 aromatic rings. The summed E-state index contributed by atoms with van der Waals surface area (Å²) < 4.78 is 5.38. The lowest BCUT2D eigenvalue weighted by atomic mass is 10.0. The quantitative estimate of drug-likeness (QED) is 0.906. The molecule has 5 nitrogen and oxygen atoms in total. The van der Waals surface area contributed by atoms with Crippen LogP contribution in [0.25, 0.3) is 0 Å². The van der Waals surface area contributed by atoms with Crippen molar-refractivity contribution in [3.63, 3.8) is 0 Å². The zero-order valence-corrected chi connectivity index (χ0v) is 12.4. The van der Waals surface area contributed by atoms with Gasteiger partial charge in [0.25, 0.3) is 0 Å². The third kappa shape index (κ3) is 4.19. The second-order valence-electron chi connectivity index (χ2n) is 5.02. The second-order valence-corrected chi connectivity index (χ2v) is 5.43. The number of amides is 1. The lowest BCUT2D eigenvalue weighted by Crippen LogP contribution is -2.49. The minimum atomic E-state index is -0.950. The first-order valence-electron chi connectivity index (χ1n) is 6.93. The molecular weight excluding hydrogens is 294 g/mol. The van der Waals surface area contributed by atoms with Gasteiger partial charge in [0.1, 0.15) is 12.6 Å². The molecule has 1 saturated heterocycles. The van der Waals surface area contributed by atoms with Gasteiger partial charge in [-0.1, -0.05) is 29.8 Å². The molecule has 0 bridgehead atoms. The molecule has 114 valence electrons. The largest absolute Gasteiger partial charge is 0.480 e. The molecule has 2 rings (SSSR count). The van der Waals surface area contributed by atoms with Gasteiger partial charge in [-0.25, -0.2) is 4.79 Å². The zero-order chi connectivity index (χ0) is 15.2. The minimum Gasteiger partial charge on any atom is -0.480 e. The van der Waals surface area contributed by atoms with Gasteiger partial charge >= 0.3 is 5.97 Å². The van der Waals surface area contributed by atoms with E-state index in [-0.39, 0.29) is 19.1 Å². The van der Waals surface area contributed by atoms with Crippen LogP contribution >= 0.6 is 11.6 Å². The number of halogens is 1. The first-order valence-corrected chi connectivity index (χ1v) is 7.31. The lowest BCUT2D eigenvalue weighted by Gasteiger charge is -2.32. The van der Waals surface area contributed by atoms with E-state index in [4.69, 9.17) is 21.4 Å². The summed E-state index contributed by atoms with van der Waals surface area (Å²) in [5, 5.41) is 9.73. The lowest BCUT2D eigenvalue weighted by molar-refractivity contribution is -0.154. The Bertz CT molecular complexity index is 520. The molecule has 1 atom stereocenters. The predicted octanol–water partition coefficient (Wildman–Crippen LogP) is 2.32. The number of hydrogen-bond acceptors (Lipinski definition) is 3. The van der Waals surface area contributed by atoms with Crippen molar-refractivity contribution in [2.45, 2.75) is 31.9 Å². The Balaban J connectivity index is 1.86. The van der Waals surface area contributed by atoms with Crippen molar-refractivity contribution >= 4 is 23.5 Å². The van der Waals surface area contributed by atoms with E-state index in [0.29, 0.717) is 18.0 Å². The summed E-state index contributed by atoms with van der Waals surface area (Å²) in [6.07, 6.45) is 2.17. The average molecular weight is 312 g/mol.